The molecule has 11 atom stereocenters. The summed E-state index contributed by atoms with van der Waals surface area (Å²) in [5, 5.41) is 52.6. The lowest BCUT2D eigenvalue weighted by atomic mass is 9.42. The molecule has 6 nitrogen and oxygen atoms in total. The van der Waals surface area contributed by atoms with Crippen molar-refractivity contribution in [3.05, 3.63) is 0 Å². The van der Waals surface area contributed by atoms with E-state index in [0.717, 1.165) is 19.3 Å². The lowest BCUT2D eigenvalue weighted by molar-refractivity contribution is -0.220. The first-order chi connectivity index (χ1) is 14.1. The quantitative estimate of drug-likeness (QED) is 0.463. The van der Waals surface area contributed by atoms with Crippen LogP contribution in [0, 0.1) is 46.3 Å². The van der Waals surface area contributed by atoms with Gasteiger partial charge >= 0.3 is 5.97 Å². The largest absolute Gasteiger partial charge is 0.481 e. The van der Waals surface area contributed by atoms with E-state index in [9.17, 15) is 25.2 Å². The van der Waals surface area contributed by atoms with Crippen LogP contribution in [0.15, 0.2) is 0 Å². The Labute approximate surface area is 179 Å². The van der Waals surface area contributed by atoms with E-state index in [-0.39, 0.29) is 65.5 Å². The van der Waals surface area contributed by atoms with E-state index >= 15 is 0 Å². The highest BCUT2D eigenvalue weighted by molar-refractivity contribution is 5.66. The maximum Gasteiger partial charge on any atom is 0.303 e. The molecule has 6 heteroatoms. The molecule has 30 heavy (non-hydrogen) atoms. The van der Waals surface area contributed by atoms with Gasteiger partial charge in [0, 0.05) is 13.0 Å². The molecule has 0 aliphatic heterocycles. The van der Waals surface area contributed by atoms with Crippen molar-refractivity contribution < 1.29 is 30.3 Å². The van der Waals surface area contributed by atoms with Crippen molar-refractivity contribution in [2.75, 3.05) is 6.61 Å². The van der Waals surface area contributed by atoms with E-state index in [1.165, 1.54) is 0 Å². The summed E-state index contributed by atoms with van der Waals surface area (Å²) in [6.07, 6.45) is 4.64. The summed E-state index contributed by atoms with van der Waals surface area (Å²) >= 11 is 0. The van der Waals surface area contributed by atoms with E-state index < -0.39 is 18.2 Å². The predicted octanol–water partition coefficient (Wildman–Crippen LogP) is 2.42. The molecule has 0 spiro atoms. The Morgan fingerprint density at radius 1 is 1.07 bits per heavy atom. The van der Waals surface area contributed by atoms with Crippen LogP contribution in [0.3, 0.4) is 0 Å². The first kappa shape index (κ1) is 22.5. The van der Waals surface area contributed by atoms with Crippen LogP contribution in [0.5, 0.6) is 0 Å². The Morgan fingerprint density at radius 3 is 2.47 bits per heavy atom. The number of carbonyl (C=O) groups is 1. The molecule has 4 saturated carbocycles. The molecular weight excluding hydrogens is 384 g/mol. The van der Waals surface area contributed by atoms with Gasteiger partial charge in [-0.15, -0.1) is 0 Å². The lowest BCUT2D eigenvalue weighted by Gasteiger charge is -2.64. The highest BCUT2D eigenvalue weighted by Gasteiger charge is 2.66. The Kier molecular flexibility index (Phi) is 6.02. The average molecular weight is 425 g/mol. The Balaban J connectivity index is 1.63. The molecular formula is C24H40O6. The summed E-state index contributed by atoms with van der Waals surface area (Å²) in [6.45, 7) is 4.35. The molecule has 0 aromatic rings. The van der Waals surface area contributed by atoms with Crippen molar-refractivity contribution >= 4 is 5.97 Å². The zero-order chi connectivity index (χ0) is 21.8. The van der Waals surface area contributed by atoms with Crippen LogP contribution in [0.4, 0.5) is 0 Å². The molecule has 0 bridgehead atoms. The van der Waals surface area contributed by atoms with Crippen molar-refractivity contribution in [2.45, 2.75) is 89.9 Å². The minimum Gasteiger partial charge on any atom is -0.481 e. The van der Waals surface area contributed by atoms with E-state index in [4.69, 9.17) is 5.11 Å². The fourth-order valence-corrected chi connectivity index (χ4v) is 8.81. The van der Waals surface area contributed by atoms with Crippen LogP contribution >= 0.6 is 0 Å². The summed E-state index contributed by atoms with van der Waals surface area (Å²) in [7, 11) is 0. The maximum absolute atomic E-state index is 11.5. The van der Waals surface area contributed by atoms with E-state index in [1.54, 1.807) is 0 Å². The standard InChI is InChI=1S/C24H40O6/c1-13(3-6-21(29)30)16-4-5-17-22-18(11-20(28)23(16,17)2)24(12-25)8-7-15(26)9-14(24)10-19(22)27/h13-20,22,25-28H,3-12H2,1-2H3,(H,29,30). The smallest absolute Gasteiger partial charge is 0.303 e. The van der Waals surface area contributed by atoms with Crippen molar-refractivity contribution in [1.29, 1.82) is 0 Å². The normalized spacial score (nSPS) is 51.5. The van der Waals surface area contributed by atoms with Crippen molar-refractivity contribution in [3.8, 4) is 0 Å². The van der Waals surface area contributed by atoms with Gasteiger partial charge in [0.2, 0.25) is 0 Å². The summed E-state index contributed by atoms with van der Waals surface area (Å²) < 4.78 is 0. The minimum atomic E-state index is -0.774. The highest BCUT2D eigenvalue weighted by Crippen LogP contribution is 2.68. The number of rotatable bonds is 5. The molecule has 0 heterocycles. The third-order valence-corrected chi connectivity index (χ3v) is 10.3. The summed E-state index contributed by atoms with van der Waals surface area (Å²) in [4.78, 5) is 11.1. The molecule has 0 saturated heterocycles. The van der Waals surface area contributed by atoms with E-state index in [2.05, 4.69) is 13.8 Å². The second-order valence-corrected chi connectivity index (χ2v) is 11.3. The van der Waals surface area contributed by atoms with Crippen molar-refractivity contribution in [2.24, 2.45) is 46.3 Å². The number of carboxylic acids is 1. The molecule has 0 radical (unpaired) electrons. The molecule has 4 fully saturated rings. The van der Waals surface area contributed by atoms with Gasteiger partial charge in [0.25, 0.3) is 0 Å². The predicted molar refractivity (Wildman–Crippen MR) is 111 cm³/mol. The van der Waals surface area contributed by atoms with Crippen LogP contribution in [0.25, 0.3) is 0 Å². The number of hydrogen-bond donors (Lipinski definition) is 5. The van der Waals surface area contributed by atoms with Gasteiger partial charge < -0.3 is 25.5 Å². The fourth-order valence-electron chi connectivity index (χ4n) is 8.81. The van der Waals surface area contributed by atoms with Crippen molar-refractivity contribution in [3.63, 3.8) is 0 Å². The van der Waals surface area contributed by atoms with Gasteiger partial charge in [0.15, 0.2) is 0 Å². The van der Waals surface area contributed by atoms with Crippen LogP contribution in [0.2, 0.25) is 0 Å². The monoisotopic (exact) mass is 424 g/mol. The number of carboxylic acid groups (broad SMARTS) is 1. The van der Waals surface area contributed by atoms with Crippen LogP contribution in [-0.2, 0) is 4.79 Å². The zero-order valence-corrected chi connectivity index (χ0v) is 18.4. The van der Waals surface area contributed by atoms with Crippen LogP contribution < -0.4 is 0 Å². The molecule has 5 N–H and O–H groups in total. The van der Waals surface area contributed by atoms with Gasteiger partial charge in [0.05, 0.1) is 18.3 Å². The maximum atomic E-state index is 11.5. The molecule has 4 aliphatic carbocycles. The molecule has 4 rings (SSSR count). The number of hydrogen-bond acceptors (Lipinski definition) is 5. The first-order valence-corrected chi connectivity index (χ1v) is 12.0. The first-order valence-electron chi connectivity index (χ1n) is 12.0. The zero-order valence-electron chi connectivity index (χ0n) is 18.4. The molecule has 0 aromatic carbocycles. The van der Waals surface area contributed by atoms with Gasteiger partial charge in [0.1, 0.15) is 0 Å². The molecule has 0 aromatic heterocycles. The third-order valence-electron chi connectivity index (χ3n) is 10.3. The Morgan fingerprint density at radius 2 is 1.80 bits per heavy atom. The third kappa shape index (κ3) is 3.25. The number of aliphatic hydroxyl groups excluding tert-OH is 4. The van der Waals surface area contributed by atoms with Gasteiger partial charge in [-0.25, -0.2) is 0 Å². The van der Waals surface area contributed by atoms with Gasteiger partial charge in [-0.1, -0.05) is 13.8 Å². The van der Waals surface area contributed by atoms with Gasteiger partial charge in [-0.3, -0.25) is 4.79 Å². The molecule has 4 aliphatic rings. The SMILES string of the molecule is CC(CCC(=O)O)C1CCC2C3C(O)CC4CC(O)CCC4(CO)C3CC(O)C12C. The average Bonchev–Trinajstić information content (AvgIpc) is 3.05. The Hall–Kier alpha value is -0.690. The van der Waals surface area contributed by atoms with Gasteiger partial charge in [-0.2, -0.15) is 0 Å². The molecule has 172 valence electrons. The lowest BCUT2D eigenvalue weighted by Crippen LogP contribution is -2.64. The van der Waals surface area contributed by atoms with Crippen LogP contribution in [0.1, 0.15) is 71.6 Å². The second kappa shape index (κ2) is 8.02. The fraction of sp³-hybridized carbons (Fsp3) is 0.958. The van der Waals surface area contributed by atoms with Gasteiger partial charge in [-0.05, 0) is 97.7 Å². The molecule has 11 unspecified atom stereocenters. The summed E-state index contributed by atoms with van der Waals surface area (Å²) in [5.74, 6) is 0.122. The topological polar surface area (TPSA) is 118 Å². The number of aliphatic hydroxyl groups is 4. The van der Waals surface area contributed by atoms with Crippen LogP contribution in [-0.4, -0.2) is 56.4 Å². The number of fused-ring (bicyclic) bond motifs is 5. The van der Waals surface area contributed by atoms with Crippen molar-refractivity contribution in [1.82, 2.24) is 0 Å². The number of aliphatic carboxylic acids is 1. The van der Waals surface area contributed by atoms with E-state index in [0.29, 0.717) is 32.1 Å². The molecule has 0 amide bonds. The van der Waals surface area contributed by atoms with E-state index in [1.807, 2.05) is 0 Å². The minimum absolute atomic E-state index is 0.0624. The Bertz CT molecular complexity index is 654. The second-order valence-electron chi connectivity index (χ2n) is 11.3. The summed E-state index contributed by atoms with van der Waals surface area (Å²) in [6, 6.07) is 0. The summed E-state index contributed by atoms with van der Waals surface area (Å²) in [5.41, 5.74) is -0.629. The highest BCUT2D eigenvalue weighted by atomic mass is 16.4.